The summed E-state index contributed by atoms with van der Waals surface area (Å²) in [6, 6.07) is 7.44. The molecule has 0 fully saturated rings. The van der Waals surface area contributed by atoms with Crippen molar-refractivity contribution in [2.24, 2.45) is 0 Å². The van der Waals surface area contributed by atoms with Gasteiger partial charge in [-0.1, -0.05) is 6.92 Å². The van der Waals surface area contributed by atoms with E-state index in [9.17, 15) is 9.59 Å². The normalized spacial score (nSPS) is 13.0. The van der Waals surface area contributed by atoms with Crippen molar-refractivity contribution in [2.75, 3.05) is 20.2 Å². The maximum atomic E-state index is 11.9. The second-order valence-electron chi connectivity index (χ2n) is 5.72. The Balaban J connectivity index is 2.38. The third-order valence-electron chi connectivity index (χ3n) is 3.45. The fourth-order valence-corrected chi connectivity index (χ4v) is 2.09. The monoisotopic (exact) mass is 322 g/mol. The summed E-state index contributed by atoms with van der Waals surface area (Å²) in [7, 11) is 1.92. The number of rotatable bonds is 8. The van der Waals surface area contributed by atoms with Gasteiger partial charge >= 0.3 is 6.03 Å². The highest BCUT2D eigenvalue weighted by atomic mass is 16.5. The van der Waals surface area contributed by atoms with Crippen LogP contribution in [0.15, 0.2) is 24.3 Å². The predicted molar refractivity (Wildman–Crippen MR) is 89.5 cm³/mol. The molecule has 0 heterocycles. The third kappa shape index (κ3) is 7.65. The zero-order valence-electron chi connectivity index (χ0n) is 14.4. The lowest BCUT2D eigenvalue weighted by Crippen LogP contribution is -3.09. The van der Waals surface area contributed by atoms with Gasteiger partial charge in [0.2, 0.25) is 0 Å². The SMILES string of the molecule is CCOc1ccc(C[NH+](C)CC(=O)NC(=O)N[C@@H](C)CC)cc1. The molecule has 0 saturated heterocycles. The van der Waals surface area contributed by atoms with E-state index in [2.05, 4.69) is 10.6 Å². The molecule has 0 aliphatic rings. The number of urea groups is 1. The quantitative estimate of drug-likeness (QED) is 0.660. The molecule has 1 unspecified atom stereocenters. The Morgan fingerprint density at radius 2 is 1.87 bits per heavy atom. The number of quaternary nitrogens is 1. The average molecular weight is 322 g/mol. The Morgan fingerprint density at radius 3 is 2.43 bits per heavy atom. The Kier molecular flexibility index (Phi) is 8.11. The second kappa shape index (κ2) is 9.84. The van der Waals surface area contributed by atoms with Crippen molar-refractivity contribution < 1.29 is 19.2 Å². The number of hydrogen-bond acceptors (Lipinski definition) is 3. The van der Waals surface area contributed by atoms with Gasteiger partial charge in [-0.3, -0.25) is 10.1 Å². The molecule has 1 aromatic carbocycles. The van der Waals surface area contributed by atoms with Gasteiger partial charge in [0, 0.05) is 11.6 Å². The summed E-state index contributed by atoms with van der Waals surface area (Å²) in [6.45, 7) is 7.40. The molecule has 0 aliphatic heterocycles. The van der Waals surface area contributed by atoms with Crippen LogP contribution in [0.1, 0.15) is 32.8 Å². The van der Waals surface area contributed by atoms with Gasteiger partial charge in [0.25, 0.3) is 5.91 Å². The van der Waals surface area contributed by atoms with Crippen molar-refractivity contribution in [3.63, 3.8) is 0 Å². The molecule has 6 nitrogen and oxygen atoms in total. The Bertz CT molecular complexity index is 502. The van der Waals surface area contributed by atoms with Crippen molar-refractivity contribution in [3.8, 4) is 5.75 Å². The van der Waals surface area contributed by atoms with Gasteiger partial charge in [-0.25, -0.2) is 4.79 Å². The number of benzene rings is 1. The van der Waals surface area contributed by atoms with Gasteiger partial charge in [0.15, 0.2) is 6.54 Å². The summed E-state index contributed by atoms with van der Waals surface area (Å²) < 4.78 is 5.40. The van der Waals surface area contributed by atoms with Crippen LogP contribution >= 0.6 is 0 Å². The summed E-state index contributed by atoms with van der Waals surface area (Å²) in [5.74, 6) is 0.558. The number of amides is 3. The van der Waals surface area contributed by atoms with Gasteiger partial charge < -0.3 is 15.0 Å². The first kappa shape index (κ1) is 19.0. The maximum absolute atomic E-state index is 11.9. The van der Waals surface area contributed by atoms with Crippen LogP contribution in [0.3, 0.4) is 0 Å². The Morgan fingerprint density at radius 1 is 1.22 bits per heavy atom. The van der Waals surface area contributed by atoms with Crippen LogP contribution in [0.5, 0.6) is 5.75 Å². The first-order chi connectivity index (χ1) is 10.9. The molecule has 128 valence electrons. The number of carbonyl (C=O) groups is 2. The second-order valence-corrected chi connectivity index (χ2v) is 5.72. The first-order valence-electron chi connectivity index (χ1n) is 8.08. The van der Waals surface area contributed by atoms with Crippen LogP contribution in [0, 0.1) is 0 Å². The Hall–Kier alpha value is -2.08. The van der Waals surface area contributed by atoms with E-state index >= 15 is 0 Å². The number of imide groups is 1. The Labute approximate surface area is 138 Å². The minimum absolute atomic E-state index is 0.0525. The molecule has 3 amide bonds. The van der Waals surface area contributed by atoms with E-state index in [-0.39, 0.29) is 18.5 Å². The highest BCUT2D eigenvalue weighted by Crippen LogP contribution is 2.11. The van der Waals surface area contributed by atoms with E-state index in [0.29, 0.717) is 13.2 Å². The lowest BCUT2D eigenvalue weighted by Gasteiger charge is -2.15. The number of hydrogen-bond donors (Lipinski definition) is 3. The minimum atomic E-state index is -0.432. The zero-order chi connectivity index (χ0) is 17.2. The minimum Gasteiger partial charge on any atom is -0.494 e. The average Bonchev–Trinajstić information content (AvgIpc) is 2.48. The van der Waals surface area contributed by atoms with Crippen LogP contribution in [-0.4, -0.2) is 38.2 Å². The molecule has 0 spiro atoms. The number of likely N-dealkylation sites (N-methyl/N-ethyl adjacent to an activating group) is 1. The van der Waals surface area contributed by atoms with Crippen LogP contribution in [0.25, 0.3) is 0 Å². The molecule has 2 atom stereocenters. The highest BCUT2D eigenvalue weighted by molar-refractivity contribution is 5.94. The molecule has 1 rings (SSSR count). The number of carbonyl (C=O) groups excluding carboxylic acids is 2. The lowest BCUT2D eigenvalue weighted by molar-refractivity contribution is -0.885. The fourth-order valence-electron chi connectivity index (χ4n) is 2.09. The molecule has 3 N–H and O–H groups in total. The van der Waals surface area contributed by atoms with Crippen LogP contribution < -0.4 is 20.3 Å². The largest absolute Gasteiger partial charge is 0.494 e. The van der Waals surface area contributed by atoms with E-state index in [1.807, 2.05) is 52.1 Å². The summed E-state index contributed by atoms with van der Waals surface area (Å²) in [6.07, 6.45) is 0.824. The number of ether oxygens (including phenoxy) is 1. The fraction of sp³-hybridized carbons (Fsp3) is 0.529. The predicted octanol–water partition coefficient (Wildman–Crippen LogP) is 0.724. The van der Waals surface area contributed by atoms with Crippen molar-refractivity contribution in [2.45, 2.75) is 39.8 Å². The standard InChI is InChI=1S/C17H27N3O3/c1-5-13(3)18-17(22)19-16(21)12-20(4)11-14-7-9-15(10-8-14)23-6-2/h7-10,13H,5-6,11-12H2,1-4H3,(H2,18,19,21,22)/p+1/t13-/m0/s1. The van der Waals surface area contributed by atoms with Crippen molar-refractivity contribution >= 4 is 11.9 Å². The summed E-state index contributed by atoms with van der Waals surface area (Å²) in [5.41, 5.74) is 1.11. The summed E-state index contributed by atoms with van der Waals surface area (Å²) in [4.78, 5) is 24.4. The molecule has 0 aliphatic carbocycles. The molecule has 0 aromatic heterocycles. The topological polar surface area (TPSA) is 71.9 Å². The molecule has 1 aromatic rings. The third-order valence-corrected chi connectivity index (χ3v) is 3.45. The van der Waals surface area contributed by atoms with Crippen molar-refractivity contribution in [1.29, 1.82) is 0 Å². The van der Waals surface area contributed by atoms with E-state index in [1.54, 1.807) is 0 Å². The van der Waals surface area contributed by atoms with Gasteiger partial charge in [-0.15, -0.1) is 0 Å². The van der Waals surface area contributed by atoms with E-state index in [0.717, 1.165) is 22.6 Å². The van der Waals surface area contributed by atoms with Crippen molar-refractivity contribution in [1.82, 2.24) is 10.6 Å². The van der Waals surface area contributed by atoms with E-state index in [1.165, 1.54) is 0 Å². The van der Waals surface area contributed by atoms with Gasteiger partial charge in [-0.05, 0) is 44.5 Å². The number of nitrogens with one attached hydrogen (secondary N) is 3. The molecule has 6 heteroatoms. The zero-order valence-corrected chi connectivity index (χ0v) is 14.4. The van der Waals surface area contributed by atoms with Gasteiger partial charge in [-0.2, -0.15) is 0 Å². The van der Waals surface area contributed by atoms with E-state index < -0.39 is 6.03 Å². The van der Waals surface area contributed by atoms with Gasteiger partial charge in [0.05, 0.1) is 13.7 Å². The van der Waals surface area contributed by atoms with Crippen molar-refractivity contribution in [3.05, 3.63) is 29.8 Å². The van der Waals surface area contributed by atoms with Crippen LogP contribution in [0.4, 0.5) is 4.79 Å². The van der Waals surface area contributed by atoms with Crippen LogP contribution in [0.2, 0.25) is 0 Å². The molecule has 0 saturated carbocycles. The molecule has 0 radical (unpaired) electrons. The lowest BCUT2D eigenvalue weighted by atomic mass is 10.2. The van der Waals surface area contributed by atoms with E-state index in [4.69, 9.17) is 4.74 Å². The highest BCUT2D eigenvalue weighted by Gasteiger charge is 2.14. The van der Waals surface area contributed by atoms with Crippen LogP contribution in [-0.2, 0) is 11.3 Å². The smallest absolute Gasteiger partial charge is 0.321 e. The molecular formula is C17H28N3O3+. The first-order valence-corrected chi connectivity index (χ1v) is 8.08. The molecule has 23 heavy (non-hydrogen) atoms. The molecule has 0 bridgehead atoms. The summed E-state index contributed by atoms with van der Waals surface area (Å²) >= 11 is 0. The molecular weight excluding hydrogens is 294 g/mol. The summed E-state index contributed by atoms with van der Waals surface area (Å²) in [5, 5.41) is 5.07. The van der Waals surface area contributed by atoms with Gasteiger partial charge in [0.1, 0.15) is 12.3 Å². The maximum Gasteiger partial charge on any atom is 0.321 e.